The van der Waals surface area contributed by atoms with Gasteiger partial charge in [0.15, 0.2) is 6.29 Å². The molecule has 4 saturated carbocycles. The van der Waals surface area contributed by atoms with Crippen LogP contribution in [0.25, 0.3) is 16.8 Å². The van der Waals surface area contributed by atoms with E-state index in [1.807, 2.05) is 36.4 Å². The summed E-state index contributed by atoms with van der Waals surface area (Å²) in [6.45, 7) is 2.55. The molecule has 0 radical (unpaired) electrons. The first-order chi connectivity index (χ1) is 27.3. The summed E-state index contributed by atoms with van der Waals surface area (Å²) < 4.78 is 15.1. The highest BCUT2D eigenvalue weighted by molar-refractivity contribution is 7.99. The van der Waals surface area contributed by atoms with Gasteiger partial charge in [0, 0.05) is 29.3 Å². The van der Waals surface area contributed by atoms with Crippen molar-refractivity contribution in [3.05, 3.63) is 119 Å². The summed E-state index contributed by atoms with van der Waals surface area (Å²) in [5, 5.41) is 39.1. The molecule has 1 aromatic heterocycles. The molecular formula is C44H48N6O5S. The second-order valence-electron chi connectivity index (χ2n) is 16.3. The van der Waals surface area contributed by atoms with Gasteiger partial charge in [-0.15, -0.1) is 5.10 Å². The minimum Gasteiger partial charge on any atom is -0.508 e. The number of thioether (sulfide) groups is 1. The molecular weight excluding hydrogens is 725 g/mol. The minimum atomic E-state index is -0.633. The van der Waals surface area contributed by atoms with Crippen LogP contribution in [0.15, 0.2) is 102 Å². The second-order valence-corrected chi connectivity index (χ2v) is 17.3. The van der Waals surface area contributed by atoms with Crippen molar-refractivity contribution in [2.24, 2.45) is 23.7 Å². The number of aromatic nitrogens is 4. The molecule has 0 unspecified atom stereocenters. The highest BCUT2D eigenvalue weighted by atomic mass is 32.2. The van der Waals surface area contributed by atoms with Gasteiger partial charge in [-0.25, -0.2) is 4.79 Å². The predicted molar refractivity (Wildman–Crippen MR) is 213 cm³/mol. The molecule has 5 aromatic rings. The number of amides is 2. The van der Waals surface area contributed by atoms with Gasteiger partial charge >= 0.3 is 6.03 Å². The summed E-state index contributed by atoms with van der Waals surface area (Å²) in [6, 6.07) is 31.1. The fraction of sp³-hybridized carbons (Fsp3) is 0.409. The SMILES string of the molecule is C[C@@H]1[C@H](CSc2nnnn2-c2ccc(O)cc2)O[C@H](c2ccc(-c3ccccc3CNC(=O)NC34CC5CC(CC(C5)C3)C4)cc2)O[C@@H]1c1ccc(CO)cc1. The lowest BCUT2D eigenvalue weighted by Gasteiger charge is -2.56. The summed E-state index contributed by atoms with van der Waals surface area (Å²) in [4.78, 5) is 13.3. The Kier molecular flexibility index (Phi) is 10.3. The Morgan fingerprint density at radius 1 is 0.875 bits per heavy atom. The number of aliphatic hydroxyl groups excluding tert-OH is 1. The maximum absolute atomic E-state index is 13.3. The first-order valence-corrected chi connectivity index (χ1v) is 20.8. The lowest BCUT2D eigenvalue weighted by atomic mass is 9.53. The minimum absolute atomic E-state index is 0.0180. The summed E-state index contributed by atoms with van der Waals surface area (Å²) in [5.74, 6) is 3.04. The van der Waals surface area contributed by atoms with Crippen molar-refractivity contribution in [3.63, 3.8) is 0 Å². The third kappa shape index (κ3) is 7.67. The van der Waals surface area contributed by atoms with E-state index in [9.17, 15) is 15.0 Å². The maximum atomic E-state index is 13.3. The van der Waals surface area contributed by atoms with Gasteiger partial charge in [-0.3, -0.25) is 0 Å². The van der Waals surface area contributed by atoms with E-state index >= 15 is 0 Å². The molecule has 0 spiro atoms. The quantitative estimate of drug-likeness (QED) is 0.0987. The van der Waals surface area contributed by atoms with Crippen LogP contribution in [0.1, 0.15) is 80.1 Å². The molecule has 4 bridgehead atoms. The van der Waals surface area contributed by atoms with E-state index in [1.54, 1.807) is 28.9 Å². The third-order valence-corrected chi connectivity index (χ3v) is 13.4. The normalized spacial score (nSPS) is 27.9. The van der Waals surface area contributed by atoms with E-state index in [2.05, 4.69) is 69.5 Å². The number of urea groups is 1. The Bertz CT molecular complexity index is 2110. The van der Waals surface area contributed by atoms with E-state index in [4.69, 9.17) is 9.47 Å². The molecule has 2 heterocycles. The Labute approximate surface area is 331 Å². The average molecular weight is 773 g/mol. The third-order valence-electron chi connectivity index (χ3n) is 12.4. The van der Waals surface area contributed by atoms with Gasteiger partial charge in [-0.2, -0.15) is 4.68 Å². The van der Waals surface area contributed by atoms with Crippen LogP contribution in [0.2, 0.25) is 0 Å². The molecule has 4 atom stereocenters. The van der Waals surface area contributed by atoms with Gasteiger partial charge in [0.2, 0.25) is 5.16 Å². The fourth-order valence-electron chi connectivity index (χ4n) is 9.99. The van der Waals surface area contributed by atoms with E-state index in [-0.39, 0.29) is 42.1 Å². The zero-order valence-corrected chi connectivity index (χ0v) is 32.3. The zero-order valence-electron chi connectivity index (χ0n) is 31.5. The summed E-state index contributed by atoms with van der Waals surface area (Å²) in [6.07, 6.45) is 6.29. The first-order valence-electron chi connectivity index (χ1n) is 19.8. The van der Waals surface area contributed by atoms with Crippen molar-refractivity contribution in [2.45, 2.75) is 87.8 Å². The second kappa shape index (κ2) is 15.7. The van der Waals surface area contributed by atoms with Crippen LogP contribution in [0.5, 0.6) is 5.75 Å². The van der Waals surface area contributed by atoms with Crippen LogP contribution in [-0.4, -0.2) is 53.8 Å². The van der Waals surface area contributed by atoms with Gasteiger partial charge in [0.1, 0.15) is 5.75 Å². The van der Waals surface area contributed by atoms with Crippen LogP contribution in [0.4, 0.5) is 4.79 Å². The van der Waals surface area contributed by atoms with E-state index in [0.29, 0.717) is 17.5 Å². The van der Waals surface area contributed by atoms with E-state index in [1.165, 1.54) is 31.0 Å². The molecule has 5 fully saturated rings. The van der Waals surface area contributed by atoms with Crippen LogP contribution in [0, 0.1) is 23.7 Å². The Morgan fingerprint density at radius 3 is 2.25 bits per heavy atom. The summed E-state index contributed by atoms with van der Waals surface area (Å²) in [5.41, 5.74) is 6.63. The van der Waals surface area contributed by atoms with Gasteiger partial charge in [0.05, 0.1) is 24.5 Å². The van der Waals surface area contributed by atoms with Crippen molar-refractivity contribution < 1.29 is 24.5 Å². The largest absolute Gasteiger partial charge is 0.508 e. The Balaban J connectivity index is 0.903. The number of tetrazole rings is 1. The van der Waals surface area contributed by atoms with Gasteiger partial charge in [0.25, 0.3) is 0 Å². The number of rotatable bonds is 11. The Hall–Kier alpha value is -4.75. The van der Waals surface area contributed by atoms with Crippen LogP contribution >= 0.6 is 11.8 Å². The van der Waals surface area contributed by atoms with Gasteiger partial charge in [-0.1, -0.05) is 91.5 Å². The standard InChI is InChI=1S/C44H48N6O5S/c1-27-39(26-56-43-47-48-49-50(43)36-14-16-37(52)17-15-36)54-41(55-40(27)33-8-6-28(25-51)7-9-33)34-12-10-32(11-13-34)38-5-3-2-4-35(38)24-45-42(53)46-44-21-29-18-30(22-44)20-31(19-29)23-44/h2-17,27,29-31,39-41,51-52H,18-26H2,1H3,(H2,45,46,53)/t27-,29?,30?,31?,39+,40+,41+,44?/m1/s1. The molecule has 5 aliphatic rings. The number of carbonyl (C=O) groups is 1. The van der Waals surface area contributed by atoms with Crippen LogP contribution in [0.3, 0.4) is 0 Å². The lowest BCUT2D eigenvalue weighted by molar-refractivity contribution is -0.268. The van der Waals surface area contributed by atoms with Gasteiger partial charge in [-0.05, 0) is 119 Å². The van der Waals surface area contributed by atoms with Crippen molar-refractivity contribution in [1.29, 1.82) is 0 Å². The number of benzene rings is 4. The molecule has 1 aliphatic heterocycles. The summed E-state index contributed by atoms with van der Waals surface area (Å²) in [7, 11) is 0. The lowest BCUT2D eigenvalue weighted by Crippen LogP contribution is -2.61. The molecule has 12 heteroatoms. The average Bonchev–Trinajstić information content (AvgIpc) is 3.68. The number of carbonyl (C=O) groups excluding carboxylic acids is 1. The molecule has 1 saturated heterocycles. The molecule has 56 heavy (non-hydrogen) atoms. The number of phenols is 1. The molecule has 4 aliphatic carbocycles. The number of ether oxygens (including phenoxy) is 2. The molecule has 4 aromatic carbocycles. The van der Waals surface area contributed by atoms with Crippen molar-refractivity contribution in [2.75, 3.05) is 5.75 Å². The zero-order chi connectivity index (χ0) is 38.2. The fourth-order valence-corrected chi connectivity index (χ4v) is 11.0. The van der Waals surface area contributed by atoms with E-state index < -0.39 is 6.29 Å². The van der Waals surface area contributed by atoms with Crippen molar-refractivity contribution >= 4 is 17.8 Å². The molecule has 10 rings (SSSR count). The molecule has 4 N–H and O–H groups in total. The number of phenolic OH excluding ortho intramolecular Hbond substituents is 1. The number of hydrogen-bond acceptors (Lipinski definition) is 9. The van der Waals surface area contributed by atoms with Crippen molar-refractivity contribution in [3.8, 4) is 22.6 Å². The molecule has 2 amide bonds. The van der Waals surface area contributed by atoms with Crippen LogP contribution < -0.4 is 10.6 Å². The number of hydrogen-bond donors (Lipinski definition) is 4. The molecule has 11 nitrogen and oxygen atoms in total. The predicted octanol–water partition coefficient (Wildman–Crippen LogP) is 7.88. The topological polar surface area (TPSA) is 144 Å². The highest BCUT2D eigenvalue weighted by Gasteiger charge is 2.51. The Morgan fingerprint density at radius 2 is 1.55 bits per heavy atom. The number of nitrogens with one attached hydrogen (secondary N) is 2. The first kappa shape index (κ1) is 36.9. The molecule has 290 valence electrons. The maximum Gasteiger partial charge on any atom is 0.315 e. The number of aliphatic hydroxyl groups is 1. The number of aromatic hydroxyl groups is 1. The van der Waals surface area contributed by atoms with E-state index in [0.717, 1.165) is 76.1 Å². The highest BCUT2D eigenvalue weighted by Crippen LogP contribution is 2.55. The monoisotopic (exact) mass is 772 g/mol. The smallest absolute Gasteiger partial charge is 0.315 e. The van der Waals surface area contributed by atoms with Crippen LogP contribution in [-0.2, 0) is 22.6 Å². The van der Waals surface area contributed by atoms with Gasteiger partial charge < -0.3 is 30.3 Å². The van der Waals surface area contributed by atoms with Crippen molar-refractivity contribution in [1.82, 2.24) is 30.8 Å². The summed E-state index contributed by atoms with van der Waals surface area (Å²) >= 11 is 1.50. The number of nitrogens with zero attached hydrogens (tertiary/aromatic N) is 4.